The number of aryl methyl sites for hydroxylation is 1. The van der Waals surface area contributed by atoms with Gasteiger partial charge in [0.1, 0.15) is 0 Å². The van der Waals surface area contributed by atoms with Crippen molar-refractivity contribution < 1.29 is 0 Å². The molecule has 2 aromatic heterocycles. The number of aromatic amines is 1. The Morgan fingerprint density at radius 1 is 1.06 bits per heavy atom. The molecule has 1 aliphatic carbocycles. The monoisotopic (exact) mass is 484 g/mol. The van der Waals surface area contributed by atoms with Gasteiger partial charge in [0.05, 0.1) is 17.6 Å². The Bertz CT molecular complexity index is 1340. The van der Waals surface area contributed by atoms with Crippen LogP contribution in [0.4, 0.5) is 0 Å². The van der Waals surface area contributed by atoms with E-state index in [4.69, 9.17) is 0 Å². The third-order valence-corrected chi connectivity index (χ3v) is 7.51. The molecule has 0 saturated heterocycles. The maximum atomic E-state index is 13.2. The van der Waals surface area contributed by atoms with Crippen molar-refractivity contribution in [2.45, 2.75) is 84.0 Å². The lowest BCUT2D eigenvalue weighted by Gasteiger charge is -2.32. The normalized spacial score (nSPS) is 15.5. The number of para-hydroxylation sites is 1. The standard InChI is InChI=1S/C29H36N6O/c1-3-11-26(28-31-32-33-35(28)25-16-8-5-9-17-25)34(19-22-13-6-4-7-14-22)20-24-18-23-15-10-12-21(2)27(23)30-29(24)36/h4,6-7,10,12-15,18,25-26H,3,5,8-9,11,16-17,19-20H2,1-2H3,(H,30,36)/t26-/m0/s1. The van der Waals surface area contributed by atoms with Gasteiger partial charge in [-0.3, -0.25) is 9.69 Å². The van der Waals surface area contributed by atoms with Gasteiger partial charge in [-0.2, -0.15) is 0 Å². The van der Waals surface area contributed by atoms with Gasteiger partial charge in [-0.15, -0.1) is 5.10 Å². The van der Waals surface area contributed by atoms with Crippen LogP contribution in [0.15, 0.2) is 59.4 Å². The first-order chi connectivity index (χ1) is 17.6. The summed E-state index contributed by atoms with van der Waals surface area (Å²) in [6.45, 7) is 5.47. The van der Waals surface area contributed by atoms with Crippen LogP contribution < -0.4 is 5.56 Å². The molecule has 0 unspecified atom stereocenters. The lowest BCUT2D eigenvalue weighted by molar-refractivity contribution is 0.150. The van der Waals surface area contributed by atoms with Crippen LogP contribution in [-0.4, -0.2) is 30.1 Å². The third kappa shape index (κ3) is 5.26. The molecule has 2 aromatic carbocycles. The van der Waals surface area contributed by atoms with Gasteiger partial charge < -0.3 is 4.98 Å². The van der Waals surface area contributed by atoms with E-state index in [0.717, 1.165) is 53.5 Å². The van der Waals surface area contributed by atoms with Crippen LogP contribution in [0.5, 0.6) is 0 Å². The van der Waals surface area contributed by atoms with Crippen molar-refractivity contribution in [2.24, 2.45) is 0 Å². The van der Waals surface area contributed by atoms with E-state index in [9.17, 15) is 4.79 Å². The van der Waals surface area contributed by atoms with E-state index in [1.54, 1.807) is 0 Å². The first-order valence-corrected chi connectivity index (χ1v) is 13.3. The summed E-state index contributed by atoms with van der Waals surface area (Å²) >= 11 is 0. The van der Waals surface area contributed by atoms with E-state index in [1.165, 1.54) is 24.8 Å². The van der Waals surface area contributed by atoms with Gasteiger partial charge in [-0.05, 0) is 59.2 Å². The first kappa shape index (κ1) is 24.4. The smallest absolute Gasteiger partial charge is 0.252 e. The molecule has 0 spiro atoms. The number of hydrogen-bond acceptors (Lipinski definition) is 5. The van der Waals surface area contributed by atoms with Crippen molar-refractivity contribution in [3.63, 3.8) is 0 Å². The molecular formula is C29H36N6O. The molecule has 0 radical (unpaired) electrons. The lowest BCUT2D eigenvalue weighted by atomic mass is 9.95. The number of nitrogens with one attached hydrogen (secondary N) is 1. The highest BCUT2D eigenvalue weighted by Gasteiger charge is 2.29. The van der Waals surface area contributed by atoms with Crippen LogP contribution >= 0.6 is 0 Å². The molecule has 1 N–H and O–H groups in total. The summed E-state index contributed by atoms with van der Waals surface area (Å²) in [5, 5.41) is 14.2. The quantitative estimate of drug-likeness (QED) is 0.321. The van der Waals surface area contributed by atoms with E-state index in [0.29, 0.717) is 19.1 Å². The van der Waals surface area contributed by atoms with Crippen molar-refractivity contribution in [2.75, 3.05) is 0 Å². The van der Waals surface area contributed by atoms with E-state index in [-0.39, 0.29) is 11.6 Å². The molecule has 7 nitrogen and oxygen atoms in total. The molecule has 36 heavy (non-hydrogen) atoms. The highest BCUT2D eigenvalue weighted by molar-refractivity contribution is 5.81. The molecule has 188 valence electrons. The summed E-state index contributed by atoms with van der Waals surface area (Å²) in [5.41, 5.74) is 3.93. The van der Waals surface area contributed by atoms with Crippen LogP contribution in [0, 0.1) is 6.92 Å². The van der Waals surface area contributed by atoms with Crippen molar-refractivity contribution in [3.05, 3.63) is 87.5 Å². The number of rotatable bonds is 9. The van der Waals surface area contributed by atoms with Crippen molar-refractivity contribution >= 4 is 10.9 Å². The number of H-pyrrole nitrogens is 1. The summed E-state index contributed by atoms with van der Waals surface area (Å²) in [6.07, 6.45) is 7.91. The van der Waals surface area contributed by atoms with Crippen LogP contribution in [-0.2, 0) is 13.1 Å². The van der Waals surface area contributed by atoms with Crippen molar-refractivity contribution in [3.8, 4) is 0 Å². The van der Waals surface area contributed by atoms with Gasteiger partial charge >= 0.3 is 0 Å². The van der Waals surface area contributed by atoms with E-state index in [2.05, 4.69) is 67.3 Å². The molecule has 1 fully saturated rings. The van der Waals surface area contributed by atoms with Gasteiger partial charge in [0.2, 0.25) is 0 Å². The number of benzene rings is 2. The fourth-order valence-corrected chi connectivity index (χ4v) is 5.61. The second-order valence-corrected chi connectivity index (χ2v) is 10.1. The number of tetrazole rings is 1. The van der Waals surface area contributed by atoms with E-state index in [1.807, 2.05) is 31.2 Å². The number of hydrogen-bond donors (Lipinski definition) is 1. The Kier molecular flexibility index (Phi) is 7.56. The van der Waals surface area contributed by atoms with Crippen molar-refractivity contribution in [1.82, 2.24) is 30.1 Å². The highest BCUT2D eigenvalue weighted by Crippen LogP contribution is 2.33. The minimum absolute atomic E-state index is 0.0136. The molecule has 0 aliphatic heterocycles. The maximum absolute atomic E-state index is 13.2. The number of pyridine rings is 1. The molecule has 1 aliphatic rings. The molecule has 2 heterocycles. The molecule has 7 heteroatoms. The zero-order chi connectivity index (χ0) is 24.9. The average molecular weight is 485 g/mol. The van der Waals surface area contributed by atoms with Gasteiger partial charge in [-0.25, -0.2) is 4.68 Å². The number of nitrogens with zero attached hydrogens (tertiary/aromatic N) is 5. The summed E-state index contributed by atoms with van der Waals surface area (Å²) in [6, 6.07) is 19.0. The maximum Gasteiger partial charge on any atom is 0.252 e. The van der Waals surface area contributed by atoms with Crippen LogP contribution in [0.25, 0.3) is 10.9 Å². The Hall–Kier alpha value is -3.32. The molecule has 5 rings (SSSR count). The Labute approximate surface area is 212 Å². The molecule has 0 amide bonds. The molecule has 0 bridgehead atoms. The van der Waals surface area contributed by atoms with E-state index < -0.39 is 0 Å². The van der Waals surface area contributed by atoms with Gasteiger partial charge in [-0.1, -0.05) is 81.1 Å². The Balaban J connectivity index is 1.54. The topological polar surface area (TPSA) is 79.7 Å². The number of fused-ring (bicyclic) bond motifs is 1. The second kappa shape index (κ2) is 11.2. The first-order valence-electron chi connectivity index (χ1n) is 13.3. The SMILES string of the molecule is CCC[C@@H](c1nnnn1C1CCCCC1)N(Cc1ccccc1)Cc1cc2cccc(C)c2[nH]c1=O. The fraction of sp³-hybridized carbons (Fsp3) is 0.448. The Morgan fingerprint density at radius 3 is 2.64 bits per heavy atom. The molecule has 1 atom stereocenters. The fourth-order valence-electron chi connectivity index (χ4n) is 5.61. The van der Waals surface area contributed by atoms with E-state index >= 15 is 0 Å². The lowest BCUT2D eigenvalue weighted by Crippen LogP contribution is -2.33. The van der Waals surface area contributed by atoms with Crippen LogP contribution in [0.2, 0.25) is 0 Å². The summed E-state index contributed by atoms with van der Waals surface area (Å²) < 4.78 is 2.09. The molecular weight excluding hydrogens is 448 g/mol. The molecule has 1 saturated carbocycles. The van der Waals surface area contributed by atoms with Gasteiger partial charge in [0.25, 0.3) is 5.56 Å². The average Bonchev–Trinajstić information content (AvgIpc) is 3.39. The van der Waals surface area contributed by atoms with Gasteiger partial charge in [0, 0.05) is 18.7 Å². The third-order valence-electron chi connectivity index (χ3n) is 7.51. The minimum atomic E-state index is -0.0306. The summed E-state index contributed by atoms with van der Waals surface area (Å²) in [5.74, 6) is 0.924. The van der Waals surface area contributed by atoms with Crippen molar-refractivity contribution in [1.29, 1.82) is 0 Å². The predicted molar refractivity (Wildman–Crippen MR) is 143 cm³/mol. The van der Waals surface area contributed by atoms with Crippen LogP contribution in [0.1, 0.15) is 86.5 Å². The van der Waals surface area contributed by atoms with Gasteiger partial charge in [0.15, 0.2) is 5.82 Å². The molecule has 4 aromatic rings. The number of aromatic nitrogens is 5. The summed E-state index contributed by atoms with van der Waals surface area (Å²) in [7, 11) is 0. The second-order valence-electron chi connectivity index (χ2n) is 10.1. The highest BCUT2D eigenvalue weighted by atomic mass is 16.1. The predicted octanol–water partition coefficient (Wildman–Crippen LogP) is 5.87. The minimum Gasteiger partial charge on any atom is -0.321 e. The zero-order valence-electron chi connectivity index (χ0n) is 21.4. The Morgan fingerprint density at radius 2 is 1.86 bits per heavy atom. The zero-order valence-corrected chi connectivity index (χ0v) is 21.4. The summed E-state index contributed by atoms with van der Waals surface area (Å²) in [4.78, 5) is 18.7. The largest absolute Gasteiger partial charge is 0.321 e. The van der Waals surface area contributed by atoms with Crippen LogP contribution in [0.3, 0.4) is 0 Å².